The minimum atomic E-state index is 0.466. The summed E-state index contributed by atoms with van der Waals surface area (Å²) in [6.45, 7) is 10.4. The van der Waals surface area contributed by atoms with Gasteiger partial charge in [-0.1, -0.05) is 0 Å². The van der Waals surface area contributed by atoms with Crippen molar-refractivity contribution >= 4 is 0 Å². The molecule has 5 heteroatoms. The molecule has 0 radical (unpaired) electrons. The first-order valence-electron chi connectivity index (χ1n) is 6.78. The number of aryl methyl sites for hydroxylation is 2. The third-order valence-electron chi connectivity index (χ3n) is 3.54. The summed E-state index contributed by atoms with van der Waals surface area (Å²) in [7, 11) is 2.18. The molecule has 1 aromatic rings. The van der Waals surface area contributed by atoms with Crippen LogP contribution in [0.5, 0.6) is 0 Å². The van der Waals surface area contributed by atoms with E-state index >= 15 is 0 Å². The molecular formula is C13H25N5. The van der Waals surface area contributed by atoms with Gasteiger partial charge in [-0.05, 0) is 26.5 Å². The Hall–Kier alpha value is -0.910. The Balaban J connectivity index is 1.96. The zero-order chi connectivity index (χ0) is 13.0. The van der Waals surface area contributed by atoms with Gasteiger partial charge in [-0.15, -0.1) is 0 Å². The molecule has 0 aromatic carbocycles. The predicted molar refractivity (Wildman–Crippen MR) is 73.9 cm³/mol. The zero-order valence-electron chi connectivity index (χ0n) is 11.7. The van der Waals surface area contributed by atoms with E-state index in [4.69, 9.17) is 0 Å². The Bertz CT molecular complexity index is 354. The van der Waals surface area contributed by atoms with Gasteiger partial charge in [0.2, 0.25) is 0 Å². The number of aromatic nitrogens is 2. The third kappa shape index (κ3) is 3.80. The van der Waals surface area contributed by atoms with Gasteiger partial charge in [-0.3, -0.25) is 4.68 Å². The van der Waals surface area contributed by atoms with Gasteiger partial charge in [-0.2, -0.15) is 5.10 Å². The van der Waals surface area contributed by atoms with Crippen LogP contribution in [0.2, 0.25) is 0 Å². The lowest BCUT2D eigenvalue weighted by atomic mass is 10.2. The van der Waals surface area contributed by atoms with Gasteiger partial charge in [0, 0.05) is 45.0 Å². The molecule has 1 fully saturated rings. The van der Waals surface area contributed by atoms with E-state index in [1.54, 1.807) is 0 Å². The molecule has 2 rings (SSSR count). The van der Waals surface area contributed by atoms with Crippen LogP contribution in [0.25, 0.3) is 0 Å². The van der Waals surface area contributed by atoms with E-state index in [9.17, 15) is 0 Å². The topological polar surface area (TPSA) is 45.1 Å². The first-order valence-corrected chi connectivity index (χ1v) is 6.78. The summed E-state index contributed by atoms with van der Waals surface area (Å²) >= 11 is 0. The summed E-state index contributed by atoms with van der Waals surface area (Å²) in [6, 6.07) is 0.466. The summed E-state index contributed by atoms with van der Waals surface area (Å²) in [5.74, 6) is 0. The molecule has 0 saturated carbocycles. The van der Waals surface area contributed by atoms with E-state index in [-0.39, 0.29) is 0 Å². The van der Waals surface area contributed by atoms with Gasteiger partial charge in [0.15, 0.2) is 0 Å². The van der Waals surface area contributed by atoms with Gasteiger partial charge in [0.05, 0.1) is 12.2 Å². The number of hydrogen-bond donors (Lipinski definition) is 2. The summed E-state index contributed by atoms with van der Waals surface area (Å²) in [6.07, 6.45) is 2.14. The van der Waals surface area contributed by atoms with Gasteiger partial charge >= 0.3 is 0 Å². The fourth-order valence-corrected chi connectivity index (χ4v) is 2.35. The molecule has 0 aliphatic carbocycles. The van der Waals surface area contributed by atoms with Gasteiger partial charge < -0.3 is 15.5 Å². The smallest absolute Gasteiger partial charge is 0.0622 e. The summed E-state index contributed by atoms with van der Waals surface area (Å²) in [4.78, 5) is 2.37. The predicted octanol–water partition coefficient (Wildman–Crippen LogP) is -0.00686. The molecule has 1 aromatic heterocycles. The first kappa shape index (κ1) is 13.5. The molecule has 2 N–H and O–H groups in total. The second-order valence-corrected chi connectivity index (χ2v) is 5.28. The van der Waals surface area contributed by atoms with Crippen LogP contribution in [0.1, 0.15) is 11.3 Å². The zero-order valence-corrected chi connectivity index (χ0v) is 11.7. The number of likely N-dealkylation sites (N-methyl/N-ethyl adjacent to an activating group) is 1. The molecule has 1 aliphatic heterocycles. The van der Waals surface area contributed by atoms with Crippen molar-refractivity contribution in [2.75, 3.05) is 39.8 Å². The lowest BCUT2D eigenvalue weighted by molar-refractivity contribution is 0.281. The summed E-state index contributed by atoms with van der Waals surface area (Å²) < 4.78 is 2.07. The Kier molecular flexibility index (Phi) is 4.74. The Morgan fingerprint density at radius 1 is 1.33 bits per heavy atom. The molecular weight excluding hydrogens is 226 g/mol. The van der Waals surface area contributed by atoms with Crippen LogP contribution in [0.15, 0.2) is 6.20 Å². The largest absolute Gasteiger partial charge is 0.314 e. The highest BCUT2D eigenvalue weighted by molar-refractivity contribution is 5.12. The van der Waals surface area contributed by atoms with Crippen LogP contribution in [0.4, 0.5) is 0 Å². The average Bonchev–Trinajstić information content (AvgIpc) is 2.66. The van der Waals surface area contributed by atoms with Crippen molar-refractivity contribution < 1.29 is 0 Å². The molecule has 1 saturated heterocycles. The molecule has 0 bridgehead atoms. The maximum absolute atomic E-state index is 4.55. The van der Waals surface area contributed by atoms with Gasteiger partial charge in [0.25, 0.3) is 0 Å². The minimum absolute atomic E-state index is 0.466. The number of hydrogen-bond acceptors (Lipinski definition) is 4. The number of rotatable bonds is 2. The normalized spacial score (nSPS) is 23.4. The maximum atomic E-state index is 4.55. The van der Waals surface area contributed by atoms with Crippen molar-refractivity contribution in [2.24, 2.45) is 0 Å². The highest BCUT2D eigenvalue weighted by atomic mass is 15.3. The van der Waals surface area contributed by atoms with Gasteiger partial charge in [-0.25, -0.2) is 0 Å². The Morgan fingerprint density at radius 3 is 2.89 bits per heavy atom. The second kappa shape index (κ2) is 6.31. The standard InChI is InChI=1S/C13H25N5/c1-11-8-18(16-12(11)2)10-13-9-17(3)7-6-14-4-5-15-13/h8,13-15H,4-7,9-10H2,1-3H3. The van der Waals surface area contributed by atoms with E-state index in [0.29, 0.717) is 6.04 Å². The first-order chi connectivity index (χ1) is 8.65. The molecule has 0 amide bonds. The van der Waals surface area contributed by atoms with E-state index in [1.165, 1.54) is 5.56 Å². The highest BCUT2D eigenvalue weighted by Gasteiger charge is 2.14. The Labute approximate surface area is 110 Å². The monoisotopic (exact) mass is 251 g/mol. The van der Waals surface area contributed by atoms with Crippen LogP contribution in [0, 0.1) is 13.8 Å². The molecule has 102 valence electrons. The van der Waals surface area contributed by atoms with Crippen LogP contribution in [0.3, 0.4) is 0 Å². The summed E-state index contributed by atoms with van der Waals surface area (Å²) in [5.41, 5.74) is 2.40. The summed E-state index contributed by atoms with van der Waals surface area (Å²) in [5, 5.41) is 11.6. The van der Waals surface area contributed by atoms with Crippen LogP contribution >= 0.6 is 0 Å². The van der Waals surface area contributed by atoms with Crippen molar-refractivity contribution in [3.05, 3.63) is 17.5 Å². The molecule has 1 atom stereocenters. The minimum Gasteiger partial charge on any atom is -0.314 e. The number of nitrogens with one attached hydrogen (secondary N) is 2. The van der Waals surface area contributed by atoms with Crippen LogP contribution in [-0.2, 0) is 6.54 Å². The fourth-order valence-electron chi connectivity index (χ4n) is 2.35. The molecule has 1 aliphatic rings. The van der Waals surface area contributed by atoms with Gasteiger partial charge in [0.1, 0.15) is 0 Å². The lowest BCUT2D eigenvalue weighted by Crippen LogP contribution is -2.43. The van der Waals surface area contributed by atoms with E-state index in [2.05, 4.69) is 52.4 Å². The molecule has 18 heavy (non-hydrogen) atoms. The van der Waals surface area contributed by atoms with E-state index in [0.717, 1.165) is 45.0 Å². The molecule has 1 unspecified atom stereocenters. The average molecular weight is 251 g/mol. The number of nitrogens with zero attached hydrogens (tertiary/aromatic N) is 3. The van der Waals surface area contributed by atoms with Crippen LogP contribution in [-0.4, -0.2) is 60.5 Å². The SMILES string of the molecule is Cc1cn(CC2CN(C)CCNCCN2)nc1C. The molecule has 0 spiro atoms. The third-order valence-corrected chi connectivity index (χ3v) is 3.54. The van der Waals surface area contributed by atoms with Crippen LogP contribution < -0.4 is 10.6 Å². The highest BCUT2D eigenvalue weighted by Crippen LogP contribution is 2.04. The van der Waals surface area contributed by atoms with E-state index < -0.39 is 0 Å². The quantitative estimate of drug-likeness (QED) is 0.776. The Morgan fingerprint density at radius 2 is 2.17 bits per heavy atom. The van der Waals surface area contributed by atoms with E-state index in [1.807, 2.05) is 0 Å². The lowest BCUT2D eigenvalue weighted by Gasteiger charge is -2.23. The maximum Gasteiger partial charge on any atom is 0.0622 e. The van der Waals surface area contributed by atoms with Crippen molar-refractivity contribution in [1.29, 1.82) is 0 Å². The van der Waals surface area contributed by atoms with Crippen molar-refractivity contribution in [3.8, 4) is 0 Å². The molecule has 5 nitrogen and oxygen atoms in total. The fraction of sp³-hybridized carbons (Fsp3) is 0.769. The van der Waals surface area contributed by atoms with Crippen molar-refractivity contribution in [1.82, 2.24) is 25.3 Å². The van der Waals surface area contributed by atoms with Crippen molar-refractivity contribution in [2.45, 2.75) is 26.4 Å². The van der Waals surface area contributed by atoms with Crippen molar-refractivity contribution in [3.63, 3.8) is 0 Å². The second-order valence-electron chi connectivity index (χ2n) is 5.28. The molecule has 2 heterocycles.